The summed E-state index contributed by atoms with van der Waals surface area (Å²) in [5.41, 5.74) is 6.01. The SMILES string of the molecule is Cc1ccc(N2C(=O)[C@@H]3[C@H](C2=O)[C@H]2C=C[C@@H]3C2=C2CCCCC2)cc1C. The fourth-order valence-electron chi connectivity index (χ4n) is 5.62. The molecular weight excluding hydrogens is 322 g/mol. The van der Waals surface area contributed by atoms with Gasteiger partial charge >= 0.3 is 0 Å². The summed E-state index contributed by atoms with van der Waals surface area (Å²) in [6.07, 6.45) is 10.6. The maximum atomic E-state index is 13.3. The Bertz CT molecular complexity index is 836. The van der Waals surface area contributed by atoms with Gasteiger partial charge in [0.05, 0.1) is 17.5 Å². The highest BCUT2D eigenvalue weighted by molar-refractivity contribution is 6.23. The monoisotopic (exact) mass is 347 g/mol. The first-order valence-corrected chi connectivity index (χ1v) is 9.93. The number of fused-ring (bicyclic) bond motifs is 5. The molecule has 1 saturated heterocycles. The van der Waals surface area contributed by atoms with Crippen LogP contribution in [0.1, 0.15) is 43.2 Å². The number of allylic oxidation sites excluding steroid dienone is 4. The summed E-state index contributed by atoms with van der Waals surface area (Å²) < 4.78 is 0. The largest absolute Gasteiger partial charge is 0.274 e. The van der Waals surface area contributed by atoms with Gasteiger partial charge in [0.1, 0.15) is 0 Å². The molecule has 5 rings (SSSR count). The van der Waals surface area contributed by atoms with Gasteiger partial charge < -0.3 is 0 Å². The Morgan fingerprint density at radius 2 is 1.46 bits per heavy atom. The number of carbonyl (C=O) groups excluding carboxylic acids is 2. The normalized spacial score (nSPS) is 32.8. The van der Waals surface area contributed by atoms with E-state index < -0.39 is 0 Å². The molecule has 2 bridgehead atoms. The molecule has 0 unspecified atom stereocenters. The summed E-state index contributed by atoms with van der Waals surface area (Å²) in [5.74, 6) is -0.0210. The second kappa shape index (κ2) is 5.67. The fourth-order valence-corrected chi connectivity index (χ4v) is 5.62. The number of anilines is 1. The molecule has 2 amide bonds. The van der Waals surface area contributed by atoms with Crippen molar-refractivity contribution in [1.29, 1.82) is 0 Å². The summed E-state index contributed by atoms with van der Waals surface area (Å²) >= 11 is 0. The summed E-state index contributed by atoms with van der Waals surface area (Å²) in [7, 11) is 0. The Labute approximate surface area is 154 Å². The summed E-state index contributed by atoms with van der Waals surface area (Å²) in [6, 6.07) is 5.89. The van der Waals surface area contributed by atoms with Crippen LogP contribution in [0.25, 0.3) is 0 Å². The highest BCUT2D eigenvalue weighted by atomic mass is 16.2. The summed E-state index contributed by atoms with van der Waals surface area (Å²) in [4.78, 5) is 28.0. The molecule has 1 heterocycles. The van der Waals surface area contributed by atoms with E-state index in [9.17, 15) is 9.59 Å². The Hall–Kier alpha value is -2.16. The van der Waals surface area contributed by atoms with Crippen LogP contribution in [0.3, 0.4) is 0 Å². The van der Waals surface area contributed by atoms with E-state index in [1.807, 2.05) is 32.0 Å². The molecule has 3 heteroatoms. The number of rotatable bonds is 1. The Kier molecular flexibility index (Phi) is 3.50. The van der Waals surface area contributed by atoms with E-state index in [0.29, 0.717) is 0 Å². The van der Waals surface area contributed by atoms with Crippen molar-refractivity contribution < 1.29 is 9.59 Å². The average molecular weight is 347 g/mol. The van der Waals surface area contributed by atoms with Crippen LogP contribution in [0.2, 0.25) is 0 Å². The third-order valence-electron chi connectivity index (χ3n) is 7.03. The number of aryl methyl sites for hydroxylation is 2. The molecule has 0 spiro atoms. The second-order valence-electron chi connectivity index (χ2n) is 8.39. The summed E-state index contributed by atoms with van der Waals surface area (Å²) in [6.45, 7) is 4.08. The van der Waals surface area contributed by atoms with Gasteiger partial charge in [-0.25, -0.2) is 4.90 Å². The van der Waals surface area contributed by atoms with Crippen molar-refractivity contribution in [1.82, 2.24) is 0 Å². The van der Waals surface area contributed by atoms with Crippen molar-refractivity contribution in [2.45, 2.75) is 46.0 Å². The lowest BCUT2D eigenvalue weighted by Gasteiger charge is -2.23. The quantitative estimate of drug-likeness (QED) is 0.555. The highest BCUT2D eigenvalue weighted by Crippen LogP contribution is 2.58. The molecule has 3 nitrogen and oxygen atoms in total. The number of nitrogens with zero attached hydrogens (tertiary/aromatic N) is 1. The van der Waals surface area contributed by atoms with Crippen LogP contribution >= 0.6 is 0 Å². The van der Waals surface area contributed by atoms with Crippen molar-refractivity contribution >= 4 is 17.5 Å². The lowest BCUT2D eigenvalue weighted by Crippen LogP contribution is -2.33. The van der Waals surface area contributed by atoms with E-state index in [1.165, 1.54) is 35.3 Å². The zero-order valence-electron chi connectivity index (χ0n) is 15.5. The number of amides is 2. The topological polar surface area (TPSA) is 37.4 Å². The van der Waals surface area contributed by atoms with Crippen LogP contribution < -0.4 is 4.90 Å². The van der Waals surface area contributed by atoms with Crippen molar-refractivity contribution in [3.63, 3.8) is 0 Å². The number of imide groups is 1. The van der Waals surface area contributed by atoms with Gasteiger partial charge in [0.2, 0.25) is 11.8 Å². The molecule has 1 aliphatic heterocycles. The molecule has 1 aromatic rings. The number of benzene rings is 1. The van der Waals surface area contributed by atoms with E-state index in [0.717, 1.165) is 24.1 Å². The lowest BCUT2D eigenvalue weighted by molar-refractivity contribution is -0.122. The molecule has 26 heavy (non-hydrogen) atoms. The minimum atomic E-state index is -0.177. The molecule has 4 atom stereocenters. The Balaban J connectivity index is 1.53. The third kappa shape index (κ3) is 2.06. The Morgan fingerprint density at radius 1 is 0.846 bits per heavy atom. The van der Waals surface area contributed by atoms with Gasteiger partial charge in [-0.2, -0.15) is 0 Å². The van der Waals surface area contributed by atoms with Crippen molar-refractivity contribution in [3.8, 4) is 0 Å². The highest BCUT2D eigenvalue weighted by Gasteiger charge is 2.62. The number of hydrogen-bond donors (Lipinski definition) is 0. The first-order chi connectivity index (χ1) is 12.6. The molecule has 3 fully saturated rings. The van der Waals surface area contributed by atoms with Gasteiger partial charge in [0, 0.05) is 11.8 Å². The molecule has 0 aromatic heterocycles. The van der Waals surface area contributed by atoms with Crippen LogP contribution in [0.15, 0.2) is 41.5 Å². The predicted molar refractivity (Wildman–Crippen MR) is 102 cm³/mol. The zero-order chi connectivity index (χ0) is 18.0. The molecule has 134 valence electrons. The maximum absolute atomic E-state index is 13.3. The predicted octanol–water partition coefficient (Wildman–Crippen LogP) is 4.49. The molecule has 0 radical (unpaired) electrons. The van der Waals surface area contributed by atoms with Gasteiger partial charge in [-0.15, -0.1) is 0 Å². The Morgan fingerprint density at radius 3 is 2.04 bits per heavy atom. The van der Waals surface area contributed by atoms with E-state index in [4.69, 9.17) is 0 Å². The van der Waals surface area contributed by atoms with Gasteiger partial charge in [-0.3, -0.25) is 9.59 Å². The molecule has 2 saturated carbocycles. The lowest BCUT2D eigenvalue weighted by atomic mass is 9.85. The van der Waals surface area contributed by atoms with Crippen LogP contribution in [0.4, 0.5) is 5.69 Å². The van der Waals surface area contributed by atoms with Gasteiger partial charge in [0.25, 0.3) is 0 Å². The fraction of sp³-hybridized carbons (Fsp3) is 0.478. The molecule has 1 aromatic carbocycles. The third-order valence-corrected chi connectivity index (χ3v) is 7.03. The van der Waals surface area contributed by atoms with Gasteiger partial charge in [-0.05, 0) is 62.8 Å². The van der Waals surface area contributed by atoms with Crippen molar-refractivity contribution in [2.75, 3.05) is 4.90 Å². The van der Waals surface area contributed by atoms with Crippen LogP contribution in [-0.4, -0.2) is 11.8 Å². The van der Waals surface area contributed by atoms with Gasteiger partial charge in [0.15, 0.2) is 0 Å². The van der Waals surface area contributed by atoms with Crippen LogP contribution in [-0.2, 0) is 9.59 Å². The van der Waals surface area contributed by atoms with Crippen molar-refractivity contribution in [3.05, 3.63) is 52.6 Å². The minimum Gasteiger partial charge on any atom is -0.274 e. The standard InChI is InChI=1S/C23H25NO2/c1-13-8-9-16(12-14(13)2)24-22(25)20-17-10-11-18(21(20)23(24)26)19(17)15-6-4-3-5-7-15/h8-12,17-18,20-21H,3-7H2,1-2H3/t17-,18+,20+,21-. The van der Waals surface area contributed by atoms with Gasteiger partial charge in [-0.1, -0.05) is 35.8 Å². The smallest absolute Gasteiger partial charge is 0.238 e. The van der Waals surface area contributed by atoms with Crippen molar-refractivity contribution in [2.24, 2.45) is 23.7 Å². The molecule has 3 aliphatic carbocycles. The average Bonchev–Trinajstić information content (AvgIpc) is 3.28. The van der Waals surface area contributed by atoms with Crippen LogP contribution in [0, 0.1) is 37.5 Å². The summed E-state index contributed by atoms with van der Waals surface area (Å²) in [5, 5.41) is 0. The van der Waals surface area contributed by atoms with E-state index in [1.54, 1.807) is 5.57 Å². The van der Waals surface area contributed by atoms with E-state index in [-0.39, 0.29) is 35.5 Å². The second-order valence-corrected chi connectivity index (χ2v) is 8.39. The molecular formula is C23H25NO2. The molecule has 4 aliphatic rings. The first-order valence-electron chi connectivity index (χ1n) is 9.93. The van der Waals surface area contributed by atoms with Crippen LogP contribution in [0.5, 0.6) is 0 Å². The molecule has 0 N–H and O–H groups in total. The minimum absolute atomic E-state index is 0.00834. The van der Waals surface area contributed by atoms with E-state index >= 15 is 0 Å². The zero-order valence-corrected chi connectivity index (χ0v) is 15.5. The number of hydrogen-bond acceptors (Lipinski definition) is 2. The maximum Gasteiger partial charge on any atom is 0.238 e. The van der Waals surface area contributed by atoms with E-state index in [2.05, 4.69) is 12.2 Å². The number of carbonyl (C=O) groups is 2. The first kappa shape index (κ1) is 16.0.